The molecule has 1 saturated carbocycles. The molecule has 0 bridgehead atoms. The van der Waals surface area contributed by atoms with Gasteiger partial charge in [-0.25, -0.2) is 4.98 Å². The van der Waals surface area contributed by atoms with E-state index >= 15 is 0 Å². The van der Waals surface area contributed by atoms with Crippen molar-refractivity contribution in [3.05, 3.63) is 174 Å². The second-order valence-corrected chi connectivity index (χ2v) is 14.4. The van der Waals surface area contributed by atoms with E-state index in [1.807, 2.05) is 0 Å². The van der Waals surface area contributed by atoms with Crippen LogP contribution in [0.15, 0.2) is 152 Å². The van der Waals surface area contributed by atoms with Gasteiger partial charge >= 0.3 is 0 Å². The first-order chi connectivity index (χ1) is 25.8. The molecule has 2 aromatic heterocycles. The van der Waals surface area contributed by atoms with Crippen molar-refractivity contribution in [3.8, 4) is 11.4 Å². The Bertz CT molecular complexity index is 2720. The molecule has 0 unspecified atom stereocenters. The molecule has 0 spiro atoms. The average Bonchev–Trinajstić information content (AvgIpc) is 3.88. The normalized spacial score (nSPS) is 13.7. The number of fused-ring (bicyclic) bond motifs is 7. The van der Waals surface area contributed by atoms with Gasteiger partial charge in [0.05, 0.1) is 22.8 Å². The molecule has 5 heteroatoms. The second-order valence-electron chi connectivity index (χ2n) is 13.9. The number of rotatable bonds is 6. The van der Waals surface area contributed by atoms with Crippen molar-refractivity contribution < 1.29 is 0 Å². The minimum atomic E-state index is 0.363. The lowest BCUT2D eigenvalue weighted by Crippen LogP contribution is -2.14. The molecule has 250 valence electrons. The molecule has 2 heterocycles. The number of hydrogen-bond donors (Lipinski definition) is 0. The summed E-state index contributed by atoms with van der Waals surface area (Å²) in [5.41, 5.74) is 12.0. The number of aromatic nitrogens is 4. The minimum Gasteiger partial charge on any atom is -0.320 e. The highest BCUT2D eigenvalue weighted by molar-refractivity contribution is 7.00. The van der Waals surface area contributed by atoms with Gasteiger partial charge in [0.2, 0.25) is 0 Å². The van der Waals surface area contributed by atoms with Gasteiger partial charge in [-0.2, -0.15) is 8.75 Å². The molecule has 0 N–H and O–H groups in total. The highest BCUT2D eigenvalue weighted by Gasteiger charge is 2.28. The lowest BCUT2D eigenvalue weighted by Gasteiger charge is -2.26. The van der Waals surface area contributed by atoms with Gasteiger partial charge in [-0.1, -0.05) is 165 Å². The Morgan fingerprint density at radius 1 is 0.481 bits per heavy atom. The number of benzene rings is 7. The van der Waals surface area contributed by atoms with Crippen LogP contribution in [0.2, 0.25) is 0 Å². The molecule has 1 aliphatic carbocycles. The van der Waals surface area contributed by atoms with Crippen molar-refractivity contribution in [1.82, 2.24) is 18.3 Å². The maximum absolute atomic E-state index is 5.62. The Morgan fingerprint density at radius 3 is 1.63 bits per heavy atom. The molecule has 0 aliphatic heterocycles. The number of imidazole rings is 1. The van der Waals surface area contributed by atoms with Gasteiger partial charge in [-0.05, 0) is 57.5 Å². The zero-order valence-corrected chi connectivity index (χ0v) is 29.6. The van der Waals surface area contributed by atoms with Gasteiger partial charge in [0.25, 0.3) is 0 Å². The Hall–Kier alpha value is -5.91. The molecule has 0 radical (unpaired) electrons. The first kappa shape index (κ1) is 30.9. The Kier molecular flexibility index (Phi) is 7.72. The second kappa shape index (κ2) is 13.0. The Labute approximate surface area is 307 Å². The van der Waals surface area contributed by atoms with Crippen molar-refractivity contribution in [2.75, 3.05) is 0 Å². The molecule has 10 rings (SSSR count). The summed E-state index contributed by atoms with van der Waals surface area (Å²) in [5.74, 6) is 0.990. The van der Waals surface area contributed by atoms with E-state index in [2.05, 4.69) is 156 Å². The summed E-state index contributed by atoms with van der Waals surface area (Å²) in [6.07, 6.45) is 6.05. The highest BCUT2D eigenvalue weighted by atomic mass is 32.1. The first-order valence-electron chi connectivity index (χ1n) is 18.3. The van der Waals surface area contributed by atoms with E-state index in [-0.39, 0.29) is 0 Å². The van der Waals surface area contributed by atoms with Gasteiger partial charge in [-0.3, -0.25) is 0 Å². The summed E-state index contributed by atoms with van der Waals surface area (Å²) in [7, 11) is 0. The molecular weight excluding hydrogens is 653 g/mol. The minimum absolute atomic E-state index is 0.363. The smallest absolute Gasteiger partial charge is 0.143 e. The maximum Gasteiger partial charge on any atom is 0.143 e. The van der Waals surface area contributed by atoms with Gasteiger partial charge in [0.1, 0.15) is 16.9 Å². The molecule has 52 heavy (non-hydrogen) atoms. The van der Waals surface area contributed by atoms with Crippen LogP contribution in [0, 0.1) is 0 Å². The van der Waals surface area contributed by atoms with E-state index in [4.69, 9.17) is 13.7 Å². The summed E-state index contributed by atoms with van der Waals surface area (Å²) in [4.78, 5) is 5.62. The van der Waals surface area contributed by atoms with Crippen LogP contribution in [0.5, 0.6) is 0 Å². The topological polar surface area (TPSA) is 43.6 Å². The SMILES string of the molecule is c1ccc(C(=C(c2ccccc2)c2ccc(-c3nc4c5ccccc5c5ccccc5c4n3C3CCCCC3)c3nsnc23)c2ccccc2)cc1. The molecule has 1 aliphatic rings. The van der Waals surface area contributed by atoms with E-state index < -0.39 is 0 Å². The van der Waals surface area contributed by atoms with E-state index in [9.17, 15) is 0 Å². The predicted molar refractivity (Wildman–Crippen MR) is 218 cm³/mol. The zero-order valence-electron chi connectivity index (χ0n) is 28.7. The summed E-state index contributed by atoms with van der Waals surface area (Å²) in [6, 6.07) is 54.7. The largest absolute Gasteiger partial charge is 0.320 e. The van der Waals surface area contributed by atoms with E-state index in [0.717, 1.165) is 68.6 Å². The van der Waals surface area contributed by atoms with Crippen LogP contribution in [-0.2, 0) is 0 Å². The van der Waals surface area contributed by atoms with Gasteiger partial charge < -0.3 is 4.57 Å². The zero-order chi connectivity index (χ0) is 34.4. The molecule has 1 fully saturated rings. The van der Waals surface area contributed by atoms with Crippen molar-refractivity contribution in [2.45, 2.75) is 38.1 Å². The number of hydrogen-bond acceptors (Lipinski definition) is 4. The quantitative estimate of drug-likeness (QED) is 0.129. The lowest BCUT2D eigenvalue weighted by atomic mass is 9.85. The van der Waals surface area contributed by atoms with E-state index in [1.165, 1.54) is 63.6 Å². The first-order valence-corrected chi connectivity index (χ1v) is 19.1. The van der Waals surface area contributed by atoms with Crippen LogP contribution in [-0.4, -0.2) is 18.3 Å². The van der Waals surface area contributed by atoms with Crippen molar-refractivity contribution >= 4 is 66.5 Å². The van der Waals surface area contributed by atoms with Crippen molar-refractivity contribution in [1.29, 1.82) is 0 Å². The summed E-state index contributed by atoms with van der Waals surface area (Å²) in [5, 5.41) is 4.97. The molecule has 0 amide bonds. The third kappa shape index (κ3) is 5.07. The monoisotopic (exact) mass is 688 g/mol. The molecule has 9 aromatic rings. The van der Waals surface area contributed by atoms with Crippen LogP contribution in [0.25, 0.3) is 66.1 Å². The summed E-state index contributed by atoms with van der Waals surface area (Å²) < 4.78 is 12.7. The predicted octanol–water partition coefficient (Wildman–Crippen LogP) is 12.5. The Balaban J connectivity index is 1.29. The highest BCUT2D eigenvalue weighted by Crippen LogP contribution is 2.45. The third-order valence-electron chi connectivity index (χ3n) is 10.9. The van der Waals surface area contributed by atoms with Crippen LogP contribution in [0.4, 0.5) is 0 Å². The third-order valence-corrected chi connectivity index (χ3v) is 11.4. The molecule has 0 atom stereocenters. The van der Waals surface area contributed by atoms with Crippen LogP contribution in [0.3, 0.4) is 0 Å². The fourth-order valence-electron chi connectivity index (χ4n) is 8.56. The van der Waals surface area contributed by atoms with Crippen molar-refractivity contribution in [2.24, 2.45) is 0 Å². The lowest BCUT2D eigenvalue weighted by molar-refractivity contribution is 0.362. The molecule has 7 aromatic carbocycles. The van der Waals surface area contributed by atoms with Crippen molar-refractivity contribution in [3.63, 3.8) is 0 Å². The standard InChI is InChI=1S/C47H36N4S/c1-5-17-31(18-6-1)41(32-19-7-2-8-20-32)42(33-21-9-3-10-22-33)39-29-30-40(44-43(39)49-52-50-44)47-48-45-37-27-15-13-25-35(37)36-26-14-16-28-38(36)46(45)51(47)34-23-11-4-12-24-34/h1-3,5-10,13-22,25-30,34H,4,11-12,23-24H2. The summed E-state index contributed by atoms with van der Waals surface area (Å²) >= 11 is 1.29. The number of nitrogens with zero attached hydrogens (tertiary/aromatic N) is 4. The van der Waals surface area contributed by atoms with Crippen LogP contribution >= 0.6 is 11.7 Å². The summed E-state index contributed by atoms with van der Waals surface area (Å²) in [6.45, 7) is 0. The van der Waals surface area contributed by atoms with Gasteiger partial charge in [0.15, 0.2) is 0 Å². The van der Waals surface area contributed by atoms with Gasteiger partial charge in [0, 0.05) is 27.9 Å². The van der Waals surface area contributed by atoms with E-state index in [0.29, 0.717) is 6.04 Å². The average molecular weight is 689 g/mol. The molecule has 0 saturated heterocycles. The Morgan fingerprint density at radius 2 is 1.00 bits per heavy atom. The molecular formula is C47H36N4S. The van der Waals surface area contributed by atoms with Crippen LogP contribution < -0.4 is 0 Å². The molecule has 4 nitrogen and oxygen atoms in total. The van der Waals surface area contributed by atoms with Crippen LogP contribution in [0.1, 0.15) is 60.4 Å². The van der Waals surface area contributed by atoms with E-state index in [1.54, 1.807) is 0 Å². The van der Waals surface area contributed by atoms with Gasteiger partial charge in [-0.15, -0.1) is 0 Å². The fraction of sp³-hybridized carbons (Fsp3) is 0.128. The fourth-order valence-corrected chi connectivity index (χ4v) is 9.14. The maximum atomic E-state index is 5.62.